The fraction of sp³-hybridized carbons (Fsp3) is 0.588. The van der Waals surface area contributed by atoms with E-state index in [-0.39, 0.29) is 6.10 Å². The van der Waals surface area contributed by atoms with Gasteiger partial charge in [0.05, 0.1) is 12.7 Å². The van der Waals surface area contributed by atoms with E-state index in [2.05, 4.69) is 41.2 Å². The zero-order valence-electron chi connectivity index (χ0n) is 13.6. The summed E-state index contributed by atoms with van der Waals surface area (Å²) in [6, 6.07) is 8.09. The van der Waals surface area contributed by atoms with E-state index in [1.165, 1.54) is 5.56 Å². The number of ether oxygens (including phenoxy) is 1. The lowest BCUT2D eigenvalue weighted by molar-refractivity contribution is 0.187. The van der Waals surface area contributed by atoms with Gasteiger partial charge in [0.1, 0.15) is 5.75 Å². The summed E-state index contributed by atoms with van der Waals surface area (Å²) in [5.74, 6) is 1.80. The van der Waals surface area contributed by atoms with Gasteiger partial charge in [0.25, 0.3) is 0 Å². The van der Waals surface area contributed by atoms with Gasteiger partial charge in [0.2, 0.25) is 0 Å². The highest BCUT2D eigenvalue weighted by Gasteiger charge is 2.22. The van der Waals surface area contributed by atoms with E-state index in [1.54, 1.807) is 0 Å². The van der Waals surface area contributed by atoms with Crippen molar-refractivity contribution in [2.24, 2.45) is 4.99 Å². The van der Waals surface area contributed by atoms with Crippen molar-refractivity contribution in [3.05, 3.63) is 29.8 Å². The van der Waals surface area contributed by atoms with Crippen molar-refractivity contribution in [1.29, 1.82) is 0 Å². The summed E-state index contributed by atoms with van der Waals surface area (Å²) in [6.07, 6.45) is 1.47. The summed E-state index contributed by atoms with van der Waals surface area (Å²) in [6.45, 7) is 7.89. The number of rotatable bonds is 6. The summed E-state index contributed by atoms with van der Waals surface area (Å²) in [4.78, 5) is 6.74. The lowest BCUT2D eigenvalue weighted by Crippen LogP contribution is -2.40. The number of nitrogens with one attached hydrogen (secondary N) is 1. The van der Waals surface area contributed by atoms with Gasteiger partial charge in [-0.05, 0) is 32.4 Å². The minimum absolute atomic E-state index is 0.228. The smallest absolute Gasteiger partial charge is 0.194 e. The Morgan fingerprint density at radius 3 is 2.82 bits per heavy atom. The van der Waals surface area contributed by atoms with Crippen molar-refractivity contribution < 1.29 is 9.84 Å². The molecule has 1 heterocycles. The van der Waals surface area contributed by atoms with Gasteiger partial charge in [-0.1, -0.05) is 17.7 Å². The zero-order chi connectivity index (χ0) is 15.8. The van der Waals surface area contributed by atoms with E-state index < -0.39 is 0 Å². The van der Waals surface area contributed by atoms with Crippen LogP contribution in [0.2, 0.25) is 0 Å². The molecule has 2 N–H and O–H groups in total. The van der Waals surface area contributed by atoms with Gasteiger partial charge in [-0.2, -0.15) is 0 Å². The van der Waals surface area contributed by atoms with Crippen LogP contribution in [0, 0.1) is 6.92 Å². The number of aliphatic imine (C=N–C) groups is 1. The van der Waals surface area contributed by atoms with Crippen molar-refractivity contribution in [3.8, 4) is 5.75 Å². The number of hydrogen-bond acceptors (Lipinski definition) is 3. The highest BCUT2D eigenvalue weighted by molar-refractivity contribution is 5.80. The second-order valence-corrected chi connectivity index (χ2v) is 5.64. The number of aryl methyl sites for hydroxylation is 1. The Morgan fingerprint density at radius 1 is 1.41 bits per heavy atom. The Hall–Kier alpha value is -1.75. The molecule has 0 aliphatic carbocycles. The van der Waals surface area contributed by atoms with E-state index in [1.807, 2.05) is 12.1 Å². The average molecular weight is 305 g/mol. The van der Waals surface area contributed by atoms with Gasteiger partial charge in [0.15, 0.2) is 5.96 Å². The van der Waals surface area contributed by atoms with E-state index in [0.29, 0.717) is 13.2 Å². The summed E-state index contributed by atoms with van der Waals surface area (Å²) in [7, 11) is 0. The maximum atomic E-state index is 9.63. The van der Waals surface area contributed by atoms with Gasteiger partial charge in [0, 0.05) is 32.6 Å². The molecular weight excluding hydrogens is 278 g/mol. The Kier molecular flexibility index (Phi) is 6.52. The molecule has 0 saturated carbocycles. The molecule has 1 aliphatic rings. The Bertz CT molecular complexity index is 473. The standard InChI is InChI=1S/C17H27N3O2/c1-3-18-17(20-11-9-15(21)13-20)19-10-4-12-22-16-7-5-14(2)6-8-16/h5-8,15,21H,3-4,9-13H2,1-2H3,(H,18,19)/t15-/m1/s1. The van der Waals surface area contributed by atoms with Crippen molar-refractivity contribution in [2.45, 2.75) is 32.8 Å². The predicted molar refractivity (Wildman–Crippen MR) is 89.5 cm³/mol. The first-order valence-electron chi connectivity index (χ1n) is 8.10. The third kappa shape index (κ3) is 5.22. The minimum Gasteiger partial charge on any atom is -0.494 e. The average Bonchev–Trinajstić information content (AvgIpc) is 2.94. The van der Waals surface area contributed by atoms with Crippen LogP contribution in [-0.2, 0) is 0 Å². The molecule has 0 unspecified atom stereocenters. The lowest BCUT2D eigenvalue weighted by atomic mass is 10.2. The van der Waals surface area contributed by atoms with Crippen LogP contribution in [0.1, 0.15) is 25.3 Å². The molecule has 0 spiro atoms. The van der Waals surface area contributed by atoms with Crippen molar-refractivity contribution in [1.82, 2.24) is 10.2 Å². The van der Waals surface area contributed by atoms with E-state index in [0.717, 1.165) is 44.2 Å². The minimum atomic E-state index is -0.228. The van der Waals surface area contributed by atoms with E-state index >= 15 is 0 Å². The van der Waals surface area contributed by atoms with Crippen LogP contribution >= 0.6 is 0 Å². The fourth-order valence-corrected chi connectivity index (χ4v) is 2.43. The molecular formula is C17H27N3O2. The zero-order valence-corrected chi connectivity index (χ0v) is 13.6. The Morgan fingerprint density at radius 2 is 2.18 bits per heavy atom. The highest BCUT2D eigenvalue weighted by atomic mass is 16.5. The maximum Gasteiger partial charge on any atom is 0.194 e. The van der Waals surface area contributed by atoms with Crippen LogP contribution in [0.3, 0.4) is 0 Å². The molecule has 5 nitrogen and oxygen atoms in total. The molecule has 0 amide bonds. The topological polar surface area (TPSA) is 57.1 Å². The third-order valence-corrected chi connectivity index (χ3v) is 3.65. The number of β-amino-alcohol motifs (C(OH)–C–C–N with tert-alkyl or cyclic N) is 1. The summed E-state index contributed by atoms with van der Waals surface area (Å²) >= 11 is 0. The molecule has 1 fully saturated rings. The number of benzene rings is 1. The molecule has 0 aromatic heterocycles. The van der Waals surface area contributed by atoms with Crippen LogP contribution in [0.15, 0.2) is 29.3 Å². The van der Waals surface area contributed by atoms with E-state index in [9.17, 15) is 5.11 Å². The number of likely N-dealkylation sites (tertiary alicyclic amines) is 1. The first-order chi connectivity index (χ1) is 10.7. The van der Waals surface area contributed by atoms with Crippen LogP contribution in [0.25, 0.3) is 0 Å². The number of hydrogen-bond donors (Lipinski definition) is 2. The van der Waals surface area contributed by atoms with Crippen LogP contribution < -0.4 is 10.1 Å². The second-order valence-electron chi connectivity index (χ2n) is 5.64. The normalized spacial score (nSPS) is 18.6. The first kappa shape index (κ1) is 16.6. The van der Waals surface area contributed by atoms with Crippen molar-refractivity contribution >= 4 is 5.96 Å². The summed E-state index contributed by atoms with van der Waals surface area (Å²) in [5, 5.41) is 12.9. The monoisotopic (exact) mass is 305 g/mol. The fourth-order valence-electron chi connectivity index (χ4n) is 2.43. The first-order valence-corrected chi connectivity index (χ1v) is 8.10. The summed E-state index contributed by atoms with van der Waals surface area (Å²) in [5.41, 5.74) is 1.24. The Balaban J connectivity index is 1.73. The van der Waals surface area contributed by atoms with Gasteiger partial charge in [-0.3, -0.25) is 4.99 Å². The van der Waals surface area contributed by atoms with Crippen LogP contribution in [-0.4, -0.2) is 54.9 Å². The highest BCUT2D eigenvalue weighted by Crippen LogP contribution is 2.12. The molecule has 1 saturated heterocycles. The SMILES string of the molecule is CCNC(=NCCCOc1ccc(C)cc1)N1CC[C@@H](O)C1. The molecule has 5 heteroatoms. The number of aliphatic hydroxyl groups excluding tert-OH is 1. The molecule has 1 aliphatic heterocycles. The largest absolute Gasteiger partial charge is 0.494 e. The van der Waals surface area contributed by atoms with Crippen molar-refractivity contribution in [2.75, 3.05) is 32.8 Å². The number of guanidine groups is 1. The predicted octanol–water partition coefficient (Wildman–Crippen LogP) is 1.80. The Labute approximate surface area is 133 Å². The lowest BCUT2D eigenvalue weighted by Gasteiger charge is -2.20. The molecule has 1 atom stereocenters. The van der Waals surface area contributed by atoms with E-state index in [4.69, 9.17) is 4.74 Å². The molecule has 0 bridgehead atoms. The van der Waals surface area contributed by atoms with Gasteiger partial charge < -0.3 is 20.1 Å². The molecule has 0 radical (unpaired) electrons. The van der Waals surface area contributed by atoms with Crippen molar-refractivity contribution in [3.63, 3.8) is 0 Å². The van der Waals surface area contributed by atoms with Crippen LogP contribution in [0.5, 0.6) is 5.75 Å². The molecule has 1 aromatic rings. The molecule has 22 heavy (non-hydrogen) atoms. The summed E-state index contributed by atoms with van der Waals surface area (Å²) < 4.78 is 5.70. The van der Waals surface area contributed by atoms with Gasteiger partial charge in [-0.25, -0.2) is 0 Å². The molecule has 1 aromatic carbocycles. The van der Waals surface area contributed by atoms with Gasteiger partial charge in [-0.15, -0.1) is 0 Å². The quantitative estimate of drug-likeness (QED) is 0.478. The number of nitrogens with zero attached hydrogens (tertiary/aromatic N) is 2. The second kappa shape index (κ2) is 8.63. The van der Waals surface area contributed by atoms with Crippen LogP contribution in [0.4, 0.5) is 0 Å². The third-order valence-electron chi connectivity index (χ3n) is 3.65. The molecule has 2 rings (SSSR count). The maximum absolute atomic E-state index is 9.63. The molecule has 122 valence electrons. The number of aliphatic hydroxyl groups is 1. The van der Waals surface area contributed by atoms with Gasteiger partial charge >= 0.3 is 0 Å².